The fourth-order valence-corrected chi connectivity index (χ4v) is 3.14. The van der Waals surface area contributed by atoms with Crippen LogP contribution in [0.5, 0.6) is 0 Å². The molecule has 2 aromatic rings. The highest BCUT2D eigenvalue weighted by Gasteiger charge is 2.22. The number of nitrogens with zero attached hydrogens (tertiary/aromatic N) is 4. The predicted molar refractivity (Wildman–Crippen MR) is 102 cm³/mol. The van der Waals surface area contributed by atoms with Crippen molar-refractivity contribution in [1.29, 1.82) is 5.26 Å². The molecule has 0 aromatic carbocycles. The van der Waals surface area contributed by atoms with Gasteiger partial charge in [0.25, 0.3) is 0 Å². The molecule has 3 rings (SSSR count). The monoisotopic (exact) mass is 417 g/mol. The minimum atomic E-state index is -0.175. The minimum Gasteiger partial charge on any atom is -0.444 e. The van der Waals surface area contributed by atoms with E-state index < -0.39 is 0 Å². The number of furan rings is 1. The molecule has 7 nitrogen and oxygen atoms in total. The van der Waals surface area contributed by atoms with Crippen LogP contribution in [-0.2, 0) is 4.79 Å². The molecule has 0 bridgehead atoms. The zero-order chi connectivity index (χ0) is 18.7. The summed E-state index contributed by atoms with van der Waals surface area (Å²) in [5.41, 5.74) is 1.15. The molecule has 1 aliphatic heterocycles. The van der Waals surface area contributed by atoms with Crippen molar-refractivity contribution < 1.29 is 9.21 Å². The summed E-state index contributed by atoms with van der Waals surface area (Å²) >= 11 is 3.39. The Morgan fingerprint density at radius 1 is 1.35 bits per heavy atom. The fourth-order valence-electron chi connectivity index (χ4n) is 2.91. The van der Waals surface area contributed by atoms with Crippen LogP contribution in [0.3, 0.4) is 0 Å². The number of nitriles is 1. The first-order valence-electron chi connectivity index (χ1n) is 8.36. The summed E-state index contributed by atoms with van der Waals surface area (Å²) in [4.78, 5) is 21.0. The summed E-state index contributed by atoms with van der Waals surface area (Å²) in [5.74, 6) is 1.65. The molecule has 136 valence electrons. The van der Waals surface area contributed by atoms with E-state index >= 15 is 0 Å². The van der Waals surface area contributed by atoms with Gasteiger partial charge in [-0.05, 0) is 41.9 Å². The lowest BCUT2D eigenvalue weighted by Crippen LogP contribution is -2.48. The van der Waals surface area contributed by atoms with E-state index in [4.69, 9.17) is 4.42 Å². The van der Waals surface area contributed by atoms with E-state index in [0.29, 0.717) is 11.3 Å². The summed E-state index contributed by atoms with van der Waals surface area (Å²) in [6.45, 7) is 7.02. The van der Waals surface area contributed by atoms with Crippen molar-refractivity contribution in [1.82, 2.24) is 9.88 Å². The maximum absolute atomic E-state index is 12.3. The number of rotatable bonds is 4. The van der Waals surface area contributed by atoms with Gasteiger partial charge in [0.05, 0.1) is 6.54 Å². The summed E-state index contributed by atoms with van der Waals surface area (Å²) in [6.07, 6.45) is 1.79. The van der Waals surface area contributed by atoms with Gasteiger partial charge < -0.3 is 9.32 Å². The Morgan fingerprint density at radius 2 is 2.08 bits per heavy atom. The Balaban J connectivity index is 1.53. The van der Waals surface area contributed by atoms with Gasteiger partial charge in [-0.15, -0.1) is 0 Å². The Kier molecular flexibility index (Phi) is 5.59. The molecule has 0 unspecified atom stereocenters. The SMILES string of the molecule is Cc1oc(NC(=O)CN2CCN(c3ccc(Br)cn3)CC2)c(C#N)c1C. The molecule has 0 saturated carbocycles. The average molecular weight is 418 g/mol. The molecule has 1 N–H and O–H groups in total. The molecule has 0 spiro atoms. The lowest BCUT2D eigenvalue weighted by atomic mass is 10.2. The standard InChI is InChI=1S/C18H20BrN5O2/c1-12-13(2)26-18(15(12)9-20)22-17(25)11-23-5-7-24(8-6-23)16-4-3-14(19)10-21-16/h3-4,10H,5-8,11H2,1-2H3,(H,22,25). The molecule has 2 aromatic heterocycles. The van der Waals surface area contributed by atoms with Crippen LogP contribution < -0.4 is 10.2 Å². The van der Waals surface area contributed by atoms with Gasteiger partial charge in [0.1, 0.15) is 23.2 Å². The molecule has 0 aliphatic carbocycles. The van der Waals surface area contributed by atoms with Crippen molar-refractivity contribution in [3.8, 4) is 6.07 Å². The zero-order valence-corrected chi connectivity index (χ0v) is 16.3. The number of pyridine rings is 1. The van der Waals surface area contributed by atoms with Crippen molar-refractivity contribution in [3.05, 3.63) is 39.7 Å². The van der Waals surface area contributed by atoms with E-state index in [2.05, 4.69) is 42.1 Å². The van der Waals surface area contributed by atoms with Crippen LogP contribution in [0.2, 0.25) is 0 Å². The van der Waals surface area contributed by atoms with Crippen LogP contribution in [0.4, 0.5) is 11.7 Å². The first-order valence-corrected chi connectivity index (χ1v) is 9.16. The van der Waals surface area contributed by atoms with Crippen LogP contribution in [0.1, 0.15) is 16.9 Å². The molecule has 0 atom stereocenters. The average Bonchev–Trinajstić information content (AvgIpc) is 2.89. The summed E-state index contributed by atoms with van der Waals surface area (Å²) < 4.78 is 6.44. The summed E-state index contributed by atoms with van der Waals surface area (Å²) in [6, 6.07) is 6.04. The lowest BCUT2D eigenvalue weighted by Gasteiger charge is -2.34. The number of piperazine rings is 1. The fraction of sp³-hybridized carbons (Fsp3) is 0.389. The van der Waals surface area contributed by atoms with E-state index in [9.17, 15) is 10.1 Å². The van der Waals surface area contributed by atoms with Gasteiger partial charge in [-0.25, -0.2) is 4.98 Å². The van der Waals surface area contributed by atoms with E-state index in [1.807, 2.05) is 19.1 Å². The van der Waals surface area contributed by atoms with E-state index in [0.717, 1.165) is 42.0 Å². The minimum absolute atomic E-state index is 0.175. The number of carbonyl (C=O) groups excluding carboxylic acids is 1. The second kappa shape index (κ2) is 7.89. The quantitative estimate of drug-likeness (QED) is 0.822. The molecule has 1 aliphatic rings. The molecule has 26 heavy (non-hydrogen) atoms. The molecule has 1 amide bonds. The van der Waals surface area contributed by atoms with Crippen LogP contribution in [0.25, 0.3) is 0 Å². The maximum atomic E-state index is 12.3. The smallest absolute Gasteiger partial charge is 0.240 e. The lowest BCUT2D eigenvalue weighted by molar-refractivity contribution is -0.117. The number of aromatic nitrogens is 1. The summed E-state index contributed by atoms with van der Waals surface area (Å²) in [7, 11) is 0. The van der Waals surface area contributed by atoms with Gasteiger partial charge in [-0.1, -0.05) is 0 Å². The third-order valence-corrected chi connectivity index (χ3v) is 4.99. The van der Waals surface area contributed by atoms with Crippen LogP contribution in [-0.4, -0.2) is 48.5 Å². The highest BCUT2D eigenvalue weighted by atomic mass is 79.9. The van der Waals surface area contributed by atoms with E-state index in [1.165, 1.54) is 0 Å². The summed E-state index contributed by atoms with van der Waals surface area (Å²) in [5, 5.41) is 11.9. The Bertz CT molecular complexity index is 833. The van der Waals surface area contributed by atoms with Gasteiger partial charge in [0.15, 0.2) is 0 Å². The third-order valence-electron chi connectivity index (χ3n) is 4.53. The van der Waals surface area contributed by atoms with Gasteiger partial charge in [0.2, 0.25) is 11.8 Å². The molecule has 0 radical (unpaired) electrons. The number of hydrogen-bond acceptors (Lipinski definition) is 6. The van der Waals surface area contributed by atoms with Crippen LogP contribution in [0.15, 0.2) is 27.2 Å². The zero-order valence-electron chi connectivity index (χ0n) is 14.8. The first kappa shape index (κ1) is 18.4. The number of carbonyl (C=O) groups is 1. The van der Waals surface area contributed by atoms with Crippen LogP contribution in [0, 0.1) is 25.2 Å². The third kappa shape index (κ3) is 4.06. The molecular weight excluding hydrogens is 398 g/mol. The van der Waals surface area contributed by atoms with Crippen molar-refractivity contribution in [2.24, 2.45) is 0 Å². The largest absolute Gasteiger partial charge is 0.444 e. The van der Waals surface area contributed by atoms with Gasteiger partial charge >= 0.3 is 0 Å². The second-order valence-electron chi connectivity index (χ2n) is 6.25. The number of halogens is 1. The van der Waals surface area contributed by atoms with Gasteiger partial charge in [0, 0.05) is 42.4 Å². The van der Waals surface area contributed by atoms with Crippen molar-refractivity contribution in [2.45, 2.75) is 13.8 Å². The number of hydrogen-bond donors (Lipinski definition) is 1. The highest BCUT2D eigenvalue weighted by Crippen LogP contribution is 2.25. The number of nitrogens with one attached hydrogen (secondary N) is 1. The predicted octanol–water partition coefficient (Wildman–Crippen LogP) is 2.69. The van der Waals surface area contributed by atoms with E-state index in [-0.39, 0.29) is 18.3 Å². The van der Waals surface area contributed by atoms with Crippen molar-refractivity contribution in [3.63, 3.8) is 0 Å². The second-order valence-corrected chi connectivity index (χ2v) is 7.16. The highest BCUT2D eigenvalue weighted by molar-refractivity contribution is 9.10. The molecule has 1 saturated heterocycles. The number of aryl methyl sites for hydroxylation is 1. The van der Waals surface area contributed by atoms with Crippen molar-refractivity contribution in [2.75, 3.05) is 42.9 Å². The van der Waals surface area contributed by atoms with Crippen molar-refractivity contribution >= 4 is 33.5 Å². The number of amides is 1. The maximum Gasteiger partial charge on any atom is 0.240 e. The first-order chi connectivity index (χ1) is 12.5. The molecular formula is C18H20BrN5O2. The topological polar surface area (TPSA) is 85.4 Å². The van der Waals surface area contributed by atoms with Gasteiger partial charge in [-0.3, -0.25) is 15.0 Å². The Morgan fingerprint density at radius 3 is 2.69 bits per heavy atom. The number of anilines is 2. The molecule has 8 heteroatoms. The van der Waals surface area contributed by atoms with Crippen LogP contribution >= 0.6 is 15.9 Å². The van der Waals surface area contributed by atoms with E-state index in [1.54, 1.807) is 13.1 Å². The molecule has 3 heterocycles. The molecule has 1 fully saturated rings. The Hall–Kier alpha value is -2.37. The normalized spacial score (nSPS) is 14.9. The Labute approximate surface area is 160 Å². The van der Waals surface area contributed by atoms with Gasteiger partial charge in [-0.2, -0.15) is 5.26 Å².